The van der Waals surface area contributed by atoms with Gasteiger partial charge < -0.3 is 4.74 Å². The highest BCUT2D eigenvalue weighted by atomic mass is 79.9. The number of fused-ring (bicyclic) bond motifs is 1. The van der Waals surface area contributed by atoms with Crippen LogP contribution in [0.4, 0.5) is 0 Å². The largest absolute Gasteiger partial charge is 0.461 e. The van der Waals surface area contributed by atoms with Gasteiger partial charge in [0.25, 0.3) is 0 Å². The third-order valence-electron chi connectivity index (χ3n) is 3.22. The van der Waals surface area contributed by atoms with Crippen LogP contribution in [0.25, 0.3) is 10.8 Å². The zero-order valence-corrected chi connectivity index (χ0v) is 11.4. The fourth-order valence-electron chi connectivity index (χ4n) is 1.98. The first kappa shape index (κ1) is 11.7. The number of esters is 1. The normalized spacial score (nSPS) is 14.7. The van der Waals surface area contributed by atoms with Gasteiger partial charge in [-0.3, -0.25) is 4.79 Å². The van der Waals surface area contributed by atoms with E-state index < -0.39 is 0 Å². The first-order valence-electron chi connectivity index (χ1n) is 6.08. The molecule has 0 spiro atoms. The summed E-state index contributed by atoms with van der Waals surface area (Å²) in [6.07, 6.45) is 1.97. The lowest BCUT2D eigenvalue weighted by atomic mass is 10.1. The van der Waals surface area contributed by atoms with Crippen LogP contribution in [0.15, 0.2) is 40.9 Å². The summed E-state index contributed by atoms with van der Waals surface area (Å²) >= 11 is 3.59. The van der Waals surface area contributed by atoms with Crippen molar-refractivity contribution in [1.29, 1.82) is 0 Å². The van der Waals surface area contributed by atoms with Gasteiger partial charge in [0.15, 0.2) is 0 Å². The molecule has 0 radical (unpaired) electrons. The van der Waals surface area contributed by atoms with Crippen molar-refractivity contribution in [2.75, 3.05) is 0 Å². The molecular weight excluding hydrogens is 292 g/mol. The van der Waals surface area contributed by atoms with Gasteiger partial charge in [-0.25, -0.2) is 0 Å². The highest BCUT2D eigenvalue weighted by Gasteiger charge is 2.31. The molecule has 3 rings (SSSR count). The van der Waals surface area contributed by atoms with Crippen LogP contribution in [0, 0.1) is 5.92 Å². The fraction of sp³-hybridized carbons (Fsp3) is 0.267. The molecule has 1 fully saturated rings. The molecule has 1 aliphatic carbocycles. The van der Waals surface area contributed by atoms with Crippen LogP contribution >= 0.6 is 15.9 Å². The minimum absolute atomic E-state index is 0.0601. The number of carbonyl (C=O) groups excluding carboxylic acids is 1. The Labute approximate surface area is 114 Å². The highest BCUT2D eigenvalue weighted by Crippen LogP contribution is 2.32. The van der Waals surface area contributed by atoms with E-state index in [-0.39, 0.29) is 11.9 Å². The van der Waals surface area contributed by atoms with E-state index in [1.165, 1.54) is 5.39 Å². The molecule has 0 atom stereocenters. The first-order valence-corrected chi connectivity index (χ1v) is 6.88. The second kappa shape index (κ2) is 4.73. The van der Waals surface area contributed by atoms with Gasteiger partial charge in [0, 0.05) is 10.0 Å². The van der Waals surface area contributed by atoms with Crippen molar-refractivity contribution < 1.29 is 9.53 Å². The van der Waals surface area contributed by atoms with E-state index in [0.717, 1.165) is 28.3 Å². The van der Waals surface area contributed by atoms with Crippen LogP contribution in [0.3, 0.4) is 0 Å². The number of carbonyl (C=O) groups is 1. The predicted octanol–water partition coefficient (Wildman–Crippen LogP) is 4.06. The standard InChI is InChI=1S/C15H13BrO2/c16-14-12(9-18-15(17)11-6-7-11)8-5-10-3-1-2-4-13(10)14/h1-5,8,11H,6-7,9H2. The number of benzene rings is 2. The number of halogens is 1. The number of hydrogen-bond donors (Lipinski definition) is 0. The van der Waals surface area contributed by atoms with E-state index in [1.807, 2.05) is 18.2 Å². The average Bonchev–Trinajstić information content (AvgIpc) is 3.22. The molecule has 2 aromatic rings. The Bertz CT molecular complexity index is 602. The Balaban J connectivity index is 1.83. The van der Waals surface area contributed by atoms with E-state index in [4.69, 9.17) is 4.74 Å². The quantitative estimate of drug-likeness (QED) is 0.800. The lowest BCUT2D eigenvalue weighted by molar-refractivity contribution is -0.146. The zero-order valence-electron chi connectivity index (χ0n) is 9.86. The van der Waals surface area contributed by atoms with Gasteiger partial charge in [-0.1, -0.05) is 36.4 Å². The summed E-state index contributed by atoms with van der Waals surface area (Å²) in [5.74, 6) is 0.0966. The van der Waals surface area contributed by atoms with Gasteiger partial charge in [0.1, 0.15) is 6.61 Å². The molecule has 0 unspecified atom stereocenters. The van der Waals surface area contributed by atoms with E-state index in [1.54, 1.807) is 0 Å². The molecule has 0 bridgehead atoms. The van der Waals surface area contributed by atoms with Crippen molar-refractivity contribution in [2.24, 2.45) is 5.92 Å². The van der Waals surface area contributed by atoms with Crippen LogP contribution in [-0.2, 0) is 16.1 Å². The Kier molecular flexibility index (Phi) is 3.08. The molecule has 0 aromatic heterocycles. The molecule has 3 heteroatoms. The summed E-state index contributed by atoms with van der Waals surface area (Å²) in [7, 11) is 0. The van der Waals surface area contributed by atoms with E-state index in [2.05, 4.69) is 34.1 Å². The average molecular weight is 305 g/mol. The molecule has 0 aliphatic heterocycles. The summed E-state index contributed by atoms with van der Waals surface area (Å²) in [4.78, 5) is 11.5. The van der Waals surface area contributed by atoms with E-state index in [9.17, 15) is 4.79 Å². The Morgan fingerprint density at radius 2 is 2.00 bits per heavy atom. The molecule has 2 nitrogen and oxygen atoms in total. The lowest BCUT2D eigenvalue weighted by Crippen LogP contribution is -2.06. The second-order valence-electron chi connectivity index (χ2n) is 4.64. The van der Waals surface area contributed by atoms with Crippen molar-refractivity contribution in [3.05, 3.63) is 46.4 Å². The van der Waals surface area contributed by atoms with Crippen molar-refractivity contribution in [3.8, 4) is 0 Å². The summed E-state index contributed by atoms with van der Waals surface area (Å²) in [6.45, 7) is 0.348. The van der Waals surface area contributed by atoms with Gasteiger partial charge in [-0.15, -0.1) is 0 Å². The van der Waals surface area contributed by atoms with Gasteiger partial charge in [-0.2, -0.15) is 0 Å². The predicted molar refractivity (Wildman–Crippen MR) is 74.2 cm³/mol. The Morgan fingerprint density at radius 3 is 2.78 bits per heavy atom. The Morgan fingerprint density at radius 1 is 1.22 bits per heavy atom. The smallest absolute Gasteiger partial charge is 0.309 e. The molecule has 0 N–H and O–H groups in total. The molecule has 18 heavy (non-hydrogen) atoms. The van der Waals surface area contributed by atoms with Gasteiger partial charge in [0.2, 0.25) is 0 Å². The summed E-state index contributed by atoms with van der Waals surface area (Å²) in [5, 5.41) is 2.33. The van der Waals surface area contributed by atoms with Crippen molar-refractivity contribution >= 4 is 32.7 Å². The number of rotatable bonds is 3. The number of ether oxygens (including phenoxy) is 1. The van der Waals surface area contributed by atoms with Crippen LogP contribution in [0.2, 0.25) is 0 Å². The van der Waals surface area contributed by atoms with Gasteiger partial charge >= 0.3 is 5.97 Å². The number of hydrogen-bond acceptors (Lipinski definition) is 2. The van der Waals surface area contributed by atoms with Crippen molar-refractivity contribution in [3.63, 3.8) is 0 Å². The summed E-state index contributed by atoms with van der Waals surface area (Å²) in [6, 6.07) is 12.2. The maximum absolute atomic E-state index is 11.5. The van der Waals surface area contributed by atoms with Crippen molar-refractivity contribution in [2.45, 2.75) is 19.4 Å². The van der Waals surface area contributed by atoms with E-state index in [0.29, 0.717) is 6.61 Å². The third-order valence-corrected chi connectivity index (χ3v) is 4.16. The van der Waals surface area contributed by atoms with Crippen LogP contribution in [-0.4, -0.2) is 5.97 Å². The fourth-order valence-corrected chi connectivity index (χ4v) is 2.58. The minimum Gasteiger partial charge on any atom is -0.461 e. The van der Waals surface area contributed by atoms with Gasteiger partial charge in [0.05, 0.1) is 5.92 Å². The SMILES string of the molecule is O=C(OCc1ccc2ccccc2c1Br)C1CC1. The topological polar surface area (TPSA) is 26.3 Å². The molecule has 0 saturated heterocycles. The molecule has 0 heterocycles. The third kappa shape index (κ3) is 2.27. The molecule has 0 amide bonds. The molecule has 1 saturated carbocycles. The van der Waals surface area contributed by atoms with Crippen LogP contribution < -0.4 is 0 Å². The molecule has 2 aromatic carbocycles. The second-order valence-corrected chi connectivity index (χ2v) is 5.43. The van der Waals surface area contributed by atoms with Crippen molar-refractivity contribution in [1.82, 2.24) is 0 Å². The zero-order chi connectivity index (χ0) is 12.5. The monoisotopic (exact) mass is 304 g/mol. The minimum atomic E-state index is -0.0601. The van der Waals surface area contributed by atoms with Crippen LogP contribution in [0.1, 0.15) is 18.4 Å². The van der Waals surface area contributed by atoms with Crippen LogP contribution in [0.5, 0.6) is 0 Å². The molecule has 92 valence electrons. The van der Waals surface area contributed by atoms with E-state index >= 15 is 0 Å². The Hall–Kier alpha value is -1.35. The summed E-state index contributed by atoms with van der Waals surface area (Å²) < 4.78 is 6.33. The molecule has 1 aliphatic rings. The lowest BCUT2D eigenvalue weighted by Gasteiger charge is -2.08. The first-order chi connectivity index (χ1) is 8.75. The van der Waals surface area contributed by atoms with Gasteiger partial charge in [-0.05, 0) is 39.5 Å². The highest BCUT2D eigenvalue weighted by molar-refractivity contribution is 9.10. The maximum Gasteiger partial charge on any atom is 0.309 e. The maximum atomic E-state index is 11.5. The molecular formula is C15H13BrO2. The summed E-state index contributed by atoms with van der Waals surface area (Å²) in [5.41, 5.74) is 1.02.